The molecular formula is C11H11N3O2. The van der Waals surface area contributed by atoms with E-state index in [2.05, 4.69) is 10.1 Å². The predicted molar refractivity (Wildman–Crippen MR) is 62.6 cm³/mol. The number of nitrogens with one attached hydrogen (secondary N) is 1. The Labute approximate surface area is 91.2 Å². The maximum atomic E-state index is 11.7. The minimum Gasteiger partial charge on any atom is -0.507 e. The molecule has 0 bridgehead atoms. The van der Waals surface area contributed by atoms with Gasteiger partial charge in [-0.2, -0.15) is 5.10 Å². The topological polar surface area (TPSA) is 91.5 Å². The van der Waals surface area contributed by atoms with Crippen LogP contribution in [0.2, 0.25) is 0 Å². The SMILES string of the molecule is CC(=NN)c1cc2c(O)cccc2[nH]c1=O. The summed E-state index contributed by atoms with van der Waals surface area (Å²) in [4.78, 5) is 14.3. The molecule has 2 rings (SSSR count). The van der Waals surface area contributed by atoms with E-state index in [1.807, 2.05) is 0 Å². The molecule has 4 N–H and O–H groups in total. The van der Waals surface area contributed by atoms with Gasteiger partial charge in [0.2, 0.25) is 0 Å². The molecule has 0 saturated carbocycles. The first-order valence-corrected chi connectivity index (χ1v) is 4.73. The average molecular weight is 217 g/mol. The van der Waals surface area contributed by atoms with Crippen LogP contribution in [0.5, 0.6) is 5.75 Å². The minimum absolute atomic E-state index is 0.111. The second-order valence-electron chi connectivity index (χ2n) is 3.47. The van der Waals surface area contributed by atoms with Crippen LogP contribution >= 0.6 is 0 Å². The van der Waals surface area contributed by atoms with E-state index in [1.54, 1.807) is 31.2 Å². The number of hydrogen-bond donors (Lipinski definition) is 3. The molecule has 5 nitrogen and oxygen atoms in total. The van der Waals surface area contributed by atoms with Crippen molar-refractivity contribution in [1.82, 2.24) is 4.98 Å². The standard InChI is InChI=1S/C11H11N3O2/c1-6(14-12)7-5-8-9(13-11(7)16)3-2-4-10(8)15/h2-5,15H,12H2,1H3,(H,13,16). The summed E-state index contributed by atoms with van der Waals surface area (Å²) in [7, 11) is 0. The van der Waals surface area contributed by atoms with Crippen molar-refractivity contribution in [2.24, 2.45) is 10.9 Å². The third kappa shape index (κ3) is 1.52. The van der Waals surface area contributed by atoms with Crippen LogP contribution in [0.25, 0.3) is 10.9 Å². The number of hydrazone groups is 1. The largest absolute Gasteiger partial charge is 0.507 e. The zero-order valence-electron chi connectivity index (χ0n) is 8.69. The number of nitrogens with zero attached hydrogens (tertiary/aromatic N) is 1. The Morgan fingerprint density at radius 1 is 1.50 bits per heavy atom. The van der Waals surface area contributed by atoms with Crippen LogP contribution in [0.3, 0.4) is 0 Å². The first-order chi connectivity index (χ1) is 7.63. The summed E-state index contributed by atoms with van der Waals surface area (Å²) in [6.45, 7) is 1.64. The fraction of sp³-hybridized carbons (Fsp3) is 0.0909. The van der Waals surface area contributed by atoms with Gasteiger partial charge in [0, 0.05) is 5.39 Å². The molecule has 0 fully saturated rings. The van der Waals surface area contributed by atoms with E-state index in [9.17, 15) is 9.90 Å². The molecule has 1 heterocycles. The highest BCUT2D eigenvalue weighted by Crippen LogP contribution is 2.22. The summed E-state index contributed by atoms with van der Waals surface area (Å²) in [5.74, 6) is 5.24. The van der Waals surface area contributed by atoms with Crippen LogP contribution < -0.4 is 11.4 Å². The lowest BCUT2D eigenvalue weighted by Crippen LogP contribution is -2.17. The molecule has 16 heavy (non-hydrogen) atoms. The molecule has 0 amide bonds. The number of phenolic OH excluding ortho intramolecular Hbond substituents is 1. The lowest BCUT2D eigenvalue weighted by molar-refractivity contribution is 0.481. The first kappa shape index (κ1) is 10.2. The van der Waals surface area contributed by atoms with Gasteiger partial charge in [-0.25, -0.2) is 0 Å². The highest BCUT2D eigenvalue weighted by Gasteiger charge is 2.07. The van der Waals surface area contributed by atoms with Gasteiger partial charge >= 0.3 is 0 Å². The van der Waals surface area contributed by atoms with E-state index >= 15 is 0 Å². The number of aromatic amines is 1. The van der Waals surface area contributed by atoms with E-state index in [0.29, 0.717) is 22.2 Å². The van der Waals surface area contributed by atoms with E-state index in [1.165, 1.54) is 0 Å². The van der Waals surface area contributed by atoms with Crippen LogP contribution in [0.15, 0.2) is 34.2 Å². The van der Waals surface area contributed by atoms with Crippen LogP contribution in [-0.2, 0) is 0 Å². The monoisotopic (exact) mass is 217 g/mol. The second-order valence-corrected chi connectivity index (χ2v) is 3.47. The van der Waals surface area contributed by atoms with Crippen LogP contribution in [0, 0.1) is 0 Å². The number of hydrogen-bond acceptors (Lipinski definition) is 4. The Bertz CT molecular complexity index is 629. The summed E-state index contributed by atoms with van der Waals surface area (Å²) in [5, 5.41) is 13.7. The predicted octanol–water partition coefficient (Wildman–Crippen LogP) is 0.916. The molecular weight excluding hydrogens is 206 g/mol. The summed E-state index contributed by atoms with van der Waals surface area (Å²) < 4.78 is 0. The molecule has 0 spiro atoms. The molecule has 0 radical (unpaired) electrons. The number of rotatable bonds is 1. The van der Waals surface area contributed by atoms with Crippen molar-refractivity contribution in [3.05, 3.63) is 40.2 Å². The molecule has 2 aromatic rings. The van der Waals surface area contributed by atoms with Gasteiger partial charge in [-0.1, -0.05) is 6.07 Å². The number of nitrogens with two attached hydrogens (primary N) is 1. The zero-order chi connectivity index (χ0) is 11.7. The van der Waals surface area contributed by atoms with Gasteiger partial charge in [0.1, 0.15) is 5.75 Å². The molecule has 1 aromatic heterocycles. The number of aromatic nitrogens is 1. The fourth-order valence-corrected chi connectivity index (χ4v) is 1.55. The number of phenols is 1. The molecule has 0 aliphatic carbocycles. The summed E-state index contributed by atoms with van der Waals surface area (Å²) in [6, 6.07) is 6.51. The molecule has 0 aliphatic rings. The molecule has 0 atom stereocenters. The van der Waals surface area contributed by atoms with Gasteiger partial charge in [-0.15, -0.1) is 0 Å². The Morgan fingerprint density at radius 3 is 2.94 bits per heavy atom. The van der Waals surface area contributed by atoms with Gasteiger partial charge in [0.05, 0.1) is 16.8 Å². The Hall–Kier alpha value is -2.30. The van der Waals surface area contributed by atoms with E-state index in [4.69, 9.17) is 5.84 Å². The first-order valence-electron chi connectivity index (χ1n) is 4.73. The molecule has 1 aromatic carbocycles. The Balaban J connectivity index is 2.85. The molecule has 82 valence electrons. The number of pyridine rings is 1. The number of fused-ring (bicyclic) bond motifs is 1. The Kier molecular flexibility index (Phi) is 2.36. The zero-order valence-corrected chi connectivity index (χ0v) is 8.69. The fourth-order valence-electron chi connectivity index (χ4n) is 1.55. The number of aromatic hydroxyl groups is 1. The quantitative estimate of drug-likeness (QED) is 0.376. The number of benzene rings is 1. The van der Waals surface area contributed by atoms with Gasteiger partial charge in [0.15, 0.2) is 0 Å². The third-order valence-corrected chi connectivity index (χ3v) is 2.45. The second kappa shape index (κ2) is 3.69. The van der Waals surface area contributed by atoms with Crippen molar-refractivity contribution in [3.63, 3.8) is 0 Å². The van der Waals surface area contributed by atoms with Gasteiger partial charge in [-0.05, 0) is 25.1 Å². The Morgan fingerprint density at radius 2 is 2.25 bits per heavy atom. The van der Waals surface area contributed by atoms with E-state index < -0.39 is 0 Å². The third-order valence-electron chi connectivity index (χ3n) is 2.45. The molecule has 5 heteroatoms. The molecule has 0 aliphatic heterocycles. The van der Waals surface area contributed by atoms with Gasteiger partial charge in [-0.3, -0.25) is 4.79 Å². The smallest absolute Gasteiger partial charge is 0.257 e. The van der Waals surface area contributed by atoms with Crippen molar-refractivity contribution in [1.29, 1.82) is 0 Å². The minimum atomic E-state index is -0.273. The highest BCUT2D eigenvalue weighted by atomic mass is 16.3. The summed E-state index contributed by atoms with van der Waals surface area (Å²) in [5.41, 5.74) is 1.09. The molecule has 0 saturated heterocycles. The maximum absolute atomic E-state index is 11.7. The highest BCUT2D eigenvalue weighted by molar-refractivity contribution is 6.01. The summed E-state index contributed by atoms with van der Waals surface area (Å²) >= 11 is 0. The van der Waals surface area contributed by atoms with Gasteiger partial charge in [0.25, 0.3) is 5.56 Å². The van der Waals surface area contributed by atoms with Gasteiger partial charge < -0.3 is 15.9 Å². The normalized spacial score (nSPS) is 11.9. The lowest BCUT2D eigenvalue weighted by atomic mass is 10.1. The average Bonchev–Trinajstić information content (AvgIpc) is 2.28. The maximum Gasteiger partial charge on any atom is 0.257 e. The van der Waals surface area contributed by atoms with E-state index in [-0.39, 0.29) is 11.3 Å². The van der Waals surface area contributed by atoms with E-state index in [0.717, 1.165) is 0 Å². The van der Waals surface area contributed by atoms with Crippen LogP contribution in [0.1, 0.15) is 12.5 Å². The van der Waals surface area contributed by atoms with Crippen molar-refractivity contribution < 1.29 is 5.11 Å². The van der Waals surface area contributed by atoms with Crippen molar-refractivity contribution in [2.45, 2.75) is 6.92 Å². The number of H-pyrrole nitrogens is 1. The van der Waals surface area contributed by atoms with Crippen molar-refractivity contribution in [2.75, 3.05) is 0 Å². The van der Waals surface area contributed by atoms with Crippen molar-refractivity contribution >= 4 is 16.6 Å². The van der Waals surface area contributed by atoms with Crippen LogP contribution in [-0.4, -0.2) is 15.8 Å². The van der Waals surface area contributed by atoms with Crippen LogP contribution in [0.4, 0.5) is 0 Å². The molecule has 0 unspecified atom stereocenters. The lowest BCUT2D eigenvalue weighted by Gasteiger charge is -2.03. The summed E-state index contributed by atoms with van der Waals surface area (Å²) in [6.07, 6.45) is 0. The van der Waals surface area contributed by atoms with Crippen molar-refractivity contribution in [3.8, 4) is 5.75 Å².